The SMILES string of the molecule is CC[C@H](NC(=O)N1CCN(Cc2ccccn2)CC1)c1nccs1. The second-order valence-corrected chi connectivity index (χ2v) is 6.79. The number of amides is 2. The average molecular weight is 345 g/mol. The van der Waals surface area contributed by atoms with E-state index in [4.69, 9.17) is 0 Å². The Morgan fingerprint density at radius 2 is 2.08 bits per heavy atom. The molecule has 1 fully saturated rings. The largest absolute Gasteiger partial charge is 0.329 e. The van der Waals surface area contributed by atoms with Gasteiger partial charge in [0.05, 0.1) is 11.7 Å². The van der Waals surface area contributed by atoms with Gasteiger partial charge in [0.2, 0.25) is 0 Å². The first kappa shape index (κ1) is 16.9. The number of hydrogen-bond acceptors (Lipinski definition) is 5. The second kappa shape index (κ2) is 8.21. The number of pyridine rings is 1. The summed E-state index contributed by atoms with van der Waals surface area (Å²) in [7, 11) is 0. The predicted octanol–water partition coefficient (Wildman–Crippen LogP) is 2.52. The van der Waals surface area contributed by atoms with Crippen LogP contribution in [0.3, 0.4) is 0 Å². The molecular formula is C17H23N5OS. The minimum Gasteiger partial charge on any atom is -0.329 e. The van der Waals surface area contributed by atoms with Crippen molar-refractivity contribution in [1.82, 2.24) is 25.1 Å². The van der Waals surface area contributed by atoms with Crippen LogP contribution in [0.25, 0.3) is 0 Å². The van der Waals surface area contributed by atoms with Crippen LogP contribution in [-0.2, 0) is 6.54 Å². The average Bonchev–Trinajstić information content (AvgIpc) is 3.15. The van der Waals surface area contributed by atoms with E-state index in [0.717, 1.165) is 49.8 Å². The van der Waals surface area contributed by atoms with Crippen molar-refractivity contribution in [2.75, 3.05) is 26.2 Å². The highest BCUT2D eigenvalue weighted by molar-refractivity contribution is 7.09. The summed E-state index contributed by atoms with van der Waals surface area (Å²) in [5, 5.41) is 6.02. The van der Waals surface area contributed by atoms with Crippen molar-refractivity contribution in [3.63, 3.8) is 0 Å². The summed E-state index contributed by atoms with van der Waals surface area (Å²) >= 11 is 1.59. The molecule has 0 saturated carbocycles. The number of carbonyl (C=O) groups is 1. The first-order chi connectivity index (χ1) is 11.8. The first-order valence-electron chi connectivity index (χ1n) is 8.33. The number of hydrogen-bond donors (Lipinski definition) is 1. The fourth-order valence-electron chi connectivity index (χ4n) is 2.82. The van der Waals surface area contributed by atoms with Crippen LogP contribution >= 0.6 is 11.3 Å². The van der Waals surface area contributed by atoms with Gasteiger partial charge in [0.25, 0.3) is 0 Å². The summed E-state index contributed by atoms with van der Waals surface area (Å²) in [6.45, 7) is 6.14. The Morgan fingerprint density at radius 1 is 1.25 bits per heavy atom. The van der Waals surface area contributed by atoms with Gasteiger partial charge >= 0.3 is 6.03 Å². The van der Waals surface area contributed by atoms with Gasteiger partial charge in [-0.15, -0.1) is 11.3 Å². The summed E-state index contributed by atoms with van der Waals surface area (Å²) in [6.07, 6.45) is 4.45. The Hall–Kier alpha value is -1.99. The van der Waals surface area contributed by atoms with E-state index < -0.39 is 0 Å². The molecule has 24 heavy (non-hydrogen) atoms. The van der Waals surface area contributed by atoms with E-state index in [1.807, 2.05) is 34.7 Å². The highest BCUT2D eigenvalue weighted by atomic mass is 32.1. The normalized spacial score (nSPS) is 16.8. The van der Waals surface area contributed by atoms with Gasteiger partial charge in [-0.05, 0) is 18.6 Å². The van der Waals surface area contributed by atoms with Crippen molar-refractivity contribution in [2.45, 2.75) is 25.9 Å². The topological polar surface area (TPSA) is 61.4 Å². The minimum absolute atomic E-state index is 0.00375. The maximum Gasteiger partial charge on any atom is 0.318 e. The zero-order valence-corrected chi connectivity index (χ0v) is 14.7. The molecule has 1 aliphatic rings. The number of nitrogens with one attached hydrogen (secondary N) is 1. The standard InChI is InChI=1S/C17H23N5OS/c1-2-15(16-19-7-12-24-16)20-17(23)22-10-8-21(9-11-22)13-14-5-3-4-6-18-14/h3-7,12,15H,2,8-11,13H2,1H3,(H,20,23)/t15-/m0/s1. The molecule has 0 aromatic carbocycles. The Labute approximate surface area is 146 Å². The molecule has 1 atom stereocenters. The van der Waals surface area contributed by atoms with Crippen molar-refractivity contribution in [3.05, 3.63) is 46.7 Å². The molecule has 1 aliphatic heterocycles. The quantitative estimate of drug-likeness (QED) is 0.904. The van der Waals surface area contributed by atoms with Crippen molar-refractivity contribution in [3.8, 4) is 0 Å². The maximum atomic E-state index is 12.5. The molecule has 6 nitrogen and oxygen atoms in total. The number of carbonyl (C=O) groups excluding carboxylic acids is 1. The van der Waals surface area contributed by atoms with E-state index in [1.165, 1.54) is 0 Å². The zero-order valence-electron chi connectivity index (χ0n) is 13.9. The monoisotopic (exact) mass is 345 g/mol. The molecule has 7 heteroatoms. The lowest BCUT2D eigenvalue weighted by Gasteiger charge is -2.35. The van der Waals surface area contributed by atoms with E-state index in [2.05, 4.69) is 27.1 Å². The van der Waals surface area contributed by atoms with Gasteiger partial charge in [0, 0.05) is 50.5 Å². The van der Waals surface area contributed by atoms with Crippen LogP contribution in [-0.4, -0.2) is 52.0 Å². The molecule has 2 aromatic rings. The predicted molar refractivity (Wildman–Crippen MR) is 94.8 cm³/mol. The molecular weight excluding hydrogens is 322 g/mol. The molecule has 0 unspecified atom stereocenters. The third-order valence-electron chi connectivity index (χ3n) is 4.23. The summed E-state index contributed by atoms with van der Waals surface area (Å²) in [5.41, 5.74) is 1.07. The smallest absolute Gasteiger partial charge is 0.318 e. The lowest BCUT2D eigenvalue weighted by atomic mass is 10.2. The number of thiazole rings is 1. The number of piperazine rings is 1. The van der Waals surface area contributed by atoms with Crippen molar-refractivity contribution in [2.24, 2.45) is 0 Å². The third kappa shape index (κ3) is 4.30. The lowest BCUT2D eigenvalue weighted by Crippen LogP contribution is -2.52. The highest BCUT2D eigenvalue weighted by Gasteiger charge is 2.24. The van der Waals surface area contributed by atoms with Crippen LogP contribution in [0.2, 0.25) is 0 Å². The molecule has 0 spiro atoms. The van der Waals surface area contributed by atoms with Crippen LogP contribution in [0.4, 0.5) is 4.79 Å². The molecule has 128 valence electrons. The van der Waals surface area contributed by atoms with Gasteiger partial charge in [-0.3, -0.25) is 9.88 Å². The fourth-order valence-corrected chi connectivity index (χ4v) is 3.59. The fraction of sp³-hybridized carbons (Fsp3) is 0.471. The van der Waals surface area contributed by atoms with Crippen molar-refractivity contribution >= 4 is 17.4 Å². The summed E-state index contributed by atoms with van der Waals surface area (Å²) in [5.74, 6) is 0. The Balaban J connectivity index is 1.48. The second-order valence-electron chi connectivity index (χ2n) is 5.86. The Morgan fingerprint density at radius 3 is 2.71 bits per heavy atom. The minimum atomic E-state index is 0.00375. The Bertz CT molecular complexity index is 626. The van der Waals surface area contributed by atoms with Crippen LogP contribution in [0.5, 0.6) is 0 Å². The summed E-state index contributed by atoms with van der Waals surface area (Å²) in [6, 6.07) is 5.99. The number of aromatic nitrogens is 2. The van der Waals surface area contributed by atoms with Crippen LogP contribution in [0.1, 0.15) is 30.1 Å². The van der Waals surface area contributed by atoms with Crippen LogP contribution in [0, 0.1) is 0 Å². The molecule has 2 aromatic heterocycles. The van der Waals surface area contributed by atoms with Gasteiger partial charge in [0.1, 0.15) is 5.01 Å². The molecule has 3 heterocycles. The molecule has 0 bridgehead atoms. The number of nitrogens with zero attached hydrogens (tertiary/aromatic N) is 4. The lowest BCUT2D eigenvalue weighted by molar-refractivity contribution is 0.132. The molecule has 0 radical (unpaired) electrons. The van der Waals surface area contributed by atoms with E-state index in [-0.39, 0.29) is 12.1 Å². The van der Waals surface area contributed by atoms with Gasteiger partial charge in [-0.25, -0.2) is 9.78 Å². The molecule has 0 aliphatic carbocycles. The highest BCUT2D eigenvalue weighted by Crippen LogP contribution is 2.19. The van der Waals surface area contributed by atoms with Crippen molar-refractivity contribution in [1.29, 1.82) is 0 Å². The van der Waals surface area contributed by atoms with Gasteiger partial charge in [-0.1, -0.05) is 13.0 Å². The van der Waals surface area contributed by atoms with E-state index in [1.54, 1.807) is 17.5 Å². The van der Waals surface area contributed by atoms with Gasteiger partial charge in [0.15, 0.2) is 0 Å². The molecule has 2 amide bonds. The van der Waals surface area contributed by atoms with Crippen LogP contribution < -0.4 is 5.32 Å². The Kier molecular flexibility index (Phi) is 5.77. The summed E-state index contributed by atoms with van der Waals surface area (Å²) < 4.78 is 0. The first-order valence-corrected chi connectivity index (χ1v) is 9.21. The van der Waals surface area contributed by atoms with Crippen LogP contribution in [0.15, 0.2) is 36.0 Å². The van der Waals surface area contributed by atoms with Gasteiger partial charge in [-0.2, -0.15) is 0 Å². The molecule has 1 N–H and O–H groups in total. The molecule has 1 saturated heterocycles. The van der Waals surface area contributed by atoms with Gasteiger partial charge < -0.3 is 10.2 Å². The number of urea groups is 1. The maximum absolute atomic E-state index is 12.5. The summed E-state index contributed by atoms with van der Waals surface area (Å²) in [4.78, 5) is 25.4. The zero-order chi connectivity index (χ0) is 16.8. The van der Waals surface area contributed by atoms with Crippen molar-refractivity contribution < 1.29 is 4.79 Å². The van der Waals surface area contributed by atoms with E-state index >= 15 is 0 Å². The number of rotatable bonds is 5. The van der Waals surface area contributed by atoms with E-state index in [9.17, 15) is 4.79 Å². The third-order valence-corrected chi connectivity index (χ3v) is 5.12. The molecule has 3 rings (SSSR count). The van der Waals surface area contributed by atoms with E-state index in [0.29, 0.717) is 0 Å².